The average Bonchev–Trinajstić information content (AvgIpc) is 2.83. The summed E-state index contributed by atoms with van der Waals surface area (Å²) >= 11 is 0. The van der Waals surface area contributed by atoms with Gasteiger partial charge < -0.3 is 10.1 Å². The summed E-state index contributed by atoms with van der Waals surface area (Å²) in [5.74, 6) is -0.0488. The van der Waals surface area contributed by atoms with E-state index in [1.54, 1.807) is 4.68 Å². The van der Waals surface area contributed by atoms with Crippen LogP contribution in [0.1, 0.15) is 17.2 Å². The normalized spacial score (nSPS) is 24.7. The van der Waals surface area contributed by atoms with E-state index in [1.165, 1.54) is 7.11 Å². The molecule has 0 spiro atoms. The van der Waals surface area contributed by atoms with Gasteiger partial charge in [0.1, 0.15) is 0 Å². The molecule has 1 aromatic rings. The molecule has 1 N–H and O–H groups in total. The Bertz CT molecular complexity index is 400. The molecule has 5 heteroatoms. The van der Waals surface area contributed by atoms with Crippen LogP contribution in [-0.2, 0) is 16.6 Å². The second kappa shape index (κ2) is 4.25. The highest BCUT2D eigenvalue weighted by atomic mass is 16.5. The average molecular weight is 223 g/mol. The Morgan fingerprint density at radius 2 is 2.38 bits per heavy atom. The number of ether oxygens (including phenoxy) is 1. The maximum absolute atomic E-state index is 11.6. The predicted molar refractivity (Wildman–Crippen MR) is 59.1 cm³/mol. The first-order chi connectivity index (χ1) is 7.63. The lowest BCUT2D eigenvalue weighted by Crippen LogP contribution is -2.23. The van der Waals surface area contributed by atoms with Crippen molar-refractivity contribution >= 4 is 5.97 Å². The molecule has 1 aliphatic rings. The number of aromatic nitrogens is 2. The summed E-state index contributed by atoms with van der Waals surface area (Å²) in [5.41, 5.74) is 2.13. The second-order valence-electron chi connectivity index (χ2n) is 4.24. The molecule has 88 valence electrons. The van der Waals surface area contributed by atoms with Crippen molar-refractivity contribution in [3.8, 4) is 0 Å². The van der Waals surface area contributed by atoms with Crippen molar-refractivity contribution in [2.45, 2.75) is 12.8 Å². The second-order valence-corrected chi connectivity index (χ2v) is 4.24. The molecular formula is C11H17N3O2. The van der Waals surface area contributed by atoms with E-state index in [2.05, 4.69) is 10.4 Å². The summed E-state index contributed by atoms with van der Waals surface area (Å²) < 4.78 is 6.62. The molecule has 5 nitrogen and oxygen atoms in total. The summed E-state index contributed by atoms with van der Waals surface area (Å²) in [4.78, 5) is 11.6. The van der Waals surface area contributed by atoms with Gasteiger partial charge in [-0.05, 0) is 12.5 Å². The van der Waals surface area contributed by atoms with Crippen LogP contribution in [0, 0.1) is 12.8 Å². The fourth-order valence-corrected chi connectivity index (χ4v) is 2.39. The van der Waals surface area contributed by atoms with Crippen molar-refractivity contribution in [1.82, 2.24) is 15.1 Å². The van der Waals surface area contributed by atoms with Crippen LogP contribution < -0.4 is 5.32 Å². The van der Waals surface area contributed by atoms with Crippen molar-refractivity contribution < 1.29 is 9.53 Å². The third-order valence-electron chi connectivity index (χ3n) is 3.17. The van der Waals surface area contributed by atoms with E-state index in [9.17, 15) is 4.79 Å². The van der Waals surface area contributed by atoms with Gasteiger partial charge in [-0.15, -0.1) is 0 Å². The Labute approximate surface area is 94.8 Å². The number of aryl methyl sites for hydroxylation is 2. The summed E-state index contributed by atoms with van der Waals surface area (Å²) in [7, 11) is 3.33. The van der Waals surface area contributed by atoms with Gasteiger partial charge in [-0.1, -0.05) is 0 Å². The highest BCUT2D eigenvalue weighted by Crippen LogP contribution is 2.30. The zero-order valence-corrected chi connectivity index (χ0v) is 9.86. The number of hydrogen-bond donors (Lipinski definition) is 1. The lowest BCUT2D eigenvalue weighted by atomic mass is 9.89. The molecular weight excluding hydrogens is 206 g/mol. The standard InChI is InChI=1S/C11H17N3O2/c1-7-10(6-14(2)13-7)8-4-12-5-9(8)11(15)16-3/h6,8-9,12H,4-5H2,1-3H3. The first-order valence-electron chi connectivity index (χ1n) is 5.42. The van der Waals surface area contributed by atoms with E-state index < -0.39 is 0 Å². The summed E-state index contributed by atoms with van der Waals surface area (Å²) in [6.07, 6.45) is 1.99. The van der Waals surface area contributed by atoms with Crippen LogP contribution in [0.15, 0.2) is 6.20 Å². The number of esters is 1. The SMILES string of the molecule is COC(=O)C1CNCC1c1cn(C)nc1C. The van der Waals surface area contributed by atoms with Crippen LogP contribution in [-0.4, -0.2) is 35.9 Å². The van der Waals surface area contributed by atoms with Gasteiger partial charge in [0.2, 0.25) is 0 Å². The minimum atomic E-state index is -0.141. The third kappa shape index (κ3) is 1.82. The van der Waals surface area contributed by atoms with Gasteiger partial charge in [0.25, 0.3) is 0 Å². The van der Waals surface area contributed by atoms with Crippen LogP contribution in [0.25, 0.3) is 0 Å². The maximum Gasteiger partial charge on any atom is 0.310 e. The van der Waals surface area contributed by atoms with E-state index in [-0.39, 0.29) is 17.8 Å². The highest BCUT2D eigenvalue weighted by Gasteiger charge is 2.36. The van der Waals surface area contributed by atoms with Gasteiger partial charge in [-0.25, -0.2) is 0 Å². The number of nitrogens with zero attached hydrogens (tertiary/aromatic N) is 2. The van der Waals surface area contributed by atoms with Crippen LogP contribution in [0.5, 0.6) is 0 Å². The van der Waals surface area contributed by atoms with Gasteiger partial charge in [-0.3, -0.25) is 9.48 Å². The number of hydrogen-bond acceptors (Lipinski definition) is 4. The van der Waals surface area contributed by atoms with Crippen molar-refractivity contribution in [3.63, 3.8) is 0 Å². The quantitative estimate of drug-likeness (QED) is 0.728. The maximum atomic E-state index is 11.6. The van der Waals surface area contributed by atoms with Gasteiger partial charge in [0.15, 0.2) is 0 Å². The zero-order chi connectivity index (χ0) is 11.7. The predicted octanol–water partition coefficient (Wildman–Crippen LogP) is 0.205. The molecule has 2 unspecified atom stereocenters. The Morgan fingerprint density at radius 1 is 1.62 bits per heavy atom. The highest BCUT2D eigenvalue weighted by molar-refractivity contribution is 5.74. The monoisotopic (exact) mass is 223 g/mol. The third-order valence-corrected chi connectivity index (χ3v) is 3.17. The number of rotatable bonds is 2. The summed E-state index contributed by atoms with van der Waals surface area (Å²) in [6.45, 7) is 3.47. The molecule has 0 amide bonds. The van der Waals surface area contributed by atoms with Crippen molar-refractivity contribution in [2.24, 2.45) is 13.0 Å². The molecule has 1 saturated heterocycles. The van der Waals surface area contributed by atoms with Crippen molar-refractivity contribution in [3.05, 3.63) is 17.5 Å². The van der Waals surface area contributed by atoms with Crippen molar-refractivity contribution in [1.29, 1.82) is 0 Å². The van der Waals surface area contributed by atoms with Gasteiger partial charge >= 0.3 is 5.97 Å². The van der Waals surface area contributed by atoms with Crippen molar-refractivity contribution in [2.75, 3.05) is 20.2 Å². The minimum absolute atomic E-state index is 0.0899. The molecule has 1 fully saturated rings. The van der Waals surface area contributed by atoms with Gasteiger partial charge in [0, 0.05) is 32.3 Å². The number of carbonyl (C=O) groups is 1. The van der Waals surface area contributed by atoms with Gasteiger partial charge in [0.05, 0.1) is 18.7 Å². The Kier molecular flexibility index (Phi) is 2.96. The lowest BCUT2D eigenvalue weighted by Gasteiger charge is -2.15. The molecule has 2 atom stereocenters. The first kappa shape index (κ1) is 11.1. The zero-order valence-electron chi connectivity index (χ0n) is 9.86. The Hall–Kier alpha value is -1.36. The van der Waals surface area contributed by atoms with E-state index >= 15 is 0 Å². The molecule has 1 aliphatic heterocycles. The van der Waals surface area contributed by atoms with E-state index in [0.717, 1.165) is 17.8 Å². The largest absolute Gasteiger partial charge is 0.469 e. The Balaban J connectivity index is 2.26. The van der Waals surface area contributed by atoms with E-state index in [4.69, 9.17) is 4.74 Å². The molecule has 0 radical (unpaired) electrons. The number of carbonyl (C=O) groups excluding carboxylic acids is 1. The molecule has 0 aliphatic carbocycles. The molecule has 0 aromatic carbocycles. The first-order valence-corrected chi connectivity index (χ1v) is 5.42. The molecule has 2 rings (SSSR count). The van der Waals surface area contributed by atoms with Crippen LogP contribution in [0.3, 0.4) is 0 Å². The summed E-state index contributed by atoms with van der Waals surface area (Å²) in [6, 6.07) is 0. The van der Waals surface area contributed by atoms with Gasteiger partial charge in [-0.2, -0.15) is 5.10 Å². The minimum Gasteiger partial charge on any atom is -0.469 e. The van der Waals surface area contributed by atoms with E-state index in [0.29, 0.717) is 6.54 Å². The van der Waals surface area contributed by atoms with Crippen LogP contribution in [0.2, 0.25) is 0 Å². The lowest BCUT2D eigenvalue weighted by molar-refractivity contribution is -0.145. The molecule has 2 heterocycles. The molecule has 0 saturated carbocycles. The molecule has 16 heavy (non-hydrogen) atoms. The summed E-state index contributed by atoms with van der Waals surface area (Å²) in [5, 5.41) is 7.55. The van der Waals surface area contributed by atoms with Crippen LogP contribution in [0.4, 0.5) is 0 Å². The number of nitrogens with one attached hydrogen (secondary N) is 1. The fourth-order valence-electron chi connectivity index (χ4n) is 2.39. The van der Waals surface area contributed by atoms with E-state index in [1.807, 2.05) is 20.2 Å². The molecule has 1 aromatic heterocycles. The Morgan fingerprint density at radius 3 is 2.94 bits per heavy atom. The fraction of sp³-hybridized carbons (Fsp3) is 0.636. The van der Waals surface area contributed by atoms with Crippen LogP contribution >= 0.6 is 0 Å². The number of methoxy groups -OCH3 is 1. The topological polar surface area (TPSA) is 56.1 Å². The smallest absolute Gasteiger partial charge is 0.310 e. The molecule has 0 bridgehead atoms.